The number of anilines is 2. The van der Waals surface area contributed by atoms with E-state index < -0.39 is 0 Å². The van der Waals surface area contributed by atoms with Crippen LogP contribution in [0.3, 0.4) is 0 Å². The molecule has 0 saturated heterocycles. The molecule has 136 valence electrons. The van der Waals surface area contributed by atoms with Crippen molar-refractivity contribution in [2.24, 2.45) is 0 Å². The Hall–Kier alpha value is -2.92. The lowest BCUT2D eigenvalue weighted by Gasteiger charge is -2.15. The minimum atomic E-state index is 0.190. The second-order valence-electron chi connectivity index (χ2n) is 6.25. The molecule has 5 nitrogen and oxygen atoms in total. The molecule has 4 rings (SSSR count). The lowest BCUT2D eigenvalue weighted by Crippen LogP contribution is -2.04. The molecule has 0 unspecified atom stereocenters. The SMILES string of the molecule is CCc1cccc(CC)c1Nc1nc(Cl)nc2c1cnn2-c1ccccc1. The average Bonchev–Trinajstić information content (AvgIpc) is 3.12. The quantitative estimate of drug-likeness (QED) is 0.477. The summed E-state index contributed by atoms with van der Waals surface area (Å²) in [6, 6.07) is 16.2. The van der Waals surface area contributed by atoms with Gasteiger partial charge in [0.05, 0.1) is 17.3 Å². The van der Waals surface area contributed by atoms with E-state index in [2.05, 4.69) is 52.4 Å². The Morgan fingerprint density at radius 3 is 2.30 bits per heavy atom. The van der Waals surface area contributed by atoms with Crippen LogP contribution in [0.15, 0.2) is 54.7 Å². The molecule has 6 heteroatoms. The highest BCUT2D eigenvalue weighted by atomic mass is 35.5. The Bertz CT molecular complexity index is 1070. The van der Waals surface area contributed by atoms with E-state index in [9.17, 15) is 0 Å². The second kappa shape index (κ2) is 7.37. The maximum atomic E-state index is 6.25. The van der Waals surface area contributed by atoms with Crippen molar-refractivity contribution in [3.63, 3.8) is 0 Å². The summed E-state index contributed by atoms with van der Waals surface area (Å²) in [5.74, 6) is 0.669. The van der Waals surface area contributed by atoms with E-state index in [4.69, 9.17) is 11.6 Å². The van der Waals surface area contributed by atoms with Crippen molar-refractivity contribution in [1.29, 1.82) is 0 Å². The standard InChI is InChI=1S/C21H20ClN5/c1-3-14-9-8-10-15(4-2)18(14)24-19-17-13-23-27(16-11-6-5-7-12-16)20(17)26-21(22)25-19/h5-13H,3-4H2,1-2H3,(H,24,25,26). The number of nitrogens with zero attached hydrogens (tertiary/aromatic N) is 4. The minimum absolute atomic E-state index is 0.190. The van der Waals surface area contributed by atoms with Gasteiger partial charge in [0.2, 0.25) is 5.28 Å². The van der Waals surface area contributed by atoms with Gasteiger partial charge < -0.3 is 5.32 Å². The van der Waals surface area contributed by atoms with Crippen LogP contribution in [0, 0.1) is 0 Å². The summed E-state index contributed by atoms with van der Waals surface area (Å²) in [6.07, 6.45) is 3.64. The molecular formula is C21H20ClN5. The molecule has 1 N–H and O–H groups in total. The molecule has 0 saturated carbocycles. The minimum Gasteiger partial charge on any atom is -0.339 e. The summed E-state index contributed by atoms with van der Waals surface area (Å²) in [5, 5.41) is 9.03. The molecule has 0 aliphatic carbocycles. The van der Waals surface area contributed by atoms with Crippen LogP contribution in [0.5, 0.6) is 0 Å². The smallest absolute Gasteiger partial charge is 0.226 e. The van der Waals surface area contributed by atoms with Gasteiger partial charge in [0.25, 0.3) is 0 Å². The second-order valence-corrected chi connectivity index (χ2v) is 6.59. The molecule has 0 atom stereocenters. The van der Waals surface area contributed by atoms with Crippen molar-refractivity contribution in [3.05, 3.63) is 71.1 Å². The molecule has 27 heavy (non-hydrogen) atoms. The van der Waals surface area contributed by atoms with E-state index in [-0.39, 0.29) is 5.28 Å². The predicted molar refractivity (Wildman–Crippen MR) is 110 cm³/mol. The first-order chi connectivity index (χ1) is 13.2. The van der Waals surface area contributed by atoms with Crippen LogP contribution in [-0.2, 0) is 12.8 Å². The Morgan fingerprint density at radius 1 is 0.926 bits per heavy atom. The van der Waals surface area contributed by atoms with Gasteiger partial charge in [-0.3, -0.25) is 0 Å². The van der Waals surface area contributed by atoms with Gasteiger partial charge in [0.15, 0.2) is 5.65 Å². The van der Waals surface area contributed by atoms with E-state index >= 15 is 0 Å². The first kappa shape index (κ1) is 17.5. The summed E-state index contributed by atoms with van der Waals surface area (Å²) in [5.41, 5.74) is 5.18. The Balaban J connectivity index is 1.86. The highest BCUT2D eigenvalue weighted by Crippen LogP contribution is 2.30. The molecule has 0 amide bonds. The first-order valence-corrected chi connectivity index (χ1v) is 9.43. The van der Waals surface area contributed by atoms with Crippen LogP contribution in [0.4, 0.5) is 11.5 Å². The van der Waals surface area contributed by atoms with Crippen LogP contribution < -0.4 is 5.32 Å². The van der Waals surface area contributed by atoms with Gasteiger partial charge in [0, 0.05) is 5.69 Å². The summed E-state index contributed by atoms with van der Waals surface area (Å²) in [6.45, 7) is 4.30. The number of nitrogens with one attached hydrogen (secondary N) is 1. The molecular weight excluding hydrogens is 358 g/mol. The van der Waals surface area contributed by atoms with Crippen LogP contribution >= 0.6 is 11.6 Å². The van der Waals surface area contributed by atoms with Gasteiger partial charge in [-0.1, -0.05) is 50.2 Å². The topological polar surface area (TPSA) is 55.6 Å². The first-order valence-electron chi connectivity index (χ1n) is 9.05. The van der Waals surface area contributed by atoms with Crippen LogP contribution in [-0.4, -0.2) is 19.7 Å². The number of fused-ring (bicyclic) bond motifs is 1. The Morgan fingerprint density at radius 2 is 1.63 bits per heavy atom. The fourth-order valence-corrected chi connectivity index (χ4v) is 3.42. The third kappa shape index (κ3) is 3.26. The van der Waals surface area contributed by atoms with Gasteiger partial charge >= 0.3 is 0 Å². The molecule has 0 bridgehead atoms. The maximum absolute atomic E-state index is 6.25. The van der Waals surface area contributed by atoms with Gasteiger partial charge in [-0.2, -0.15) is 15.1 Å². The highest BCUT2D eigenvalue weighted by Gasteiger charge is 2.15. The summed E-state index contributed by atoms with van der Waals surface area (Å²) in [4.78, 5) is 8.86. The lowest BCUT2D eigenvalue weighted by atomic mass is 10.0. The number of hydrogen-bond acceptors (Lipinski definition) is 4. The van der Waals surface area contributed by atoms with Gasteiger partial charge in [0.1, 0.15) is 5.82 Å². The number of para-hydroxylation sites is 2. The van der Waals surface area contributed by atoms with Crippen molar-refractivity contribution in [2.45, 2.75) is 26.7 Å². The molecule has 0 spiro atoms. The number of benzene rings is 2. The van der Waals surface area contributed by atoms with Gasteiger partial charge in [-0.05, 0) is 47.7 Å². The fraction of sp³-hybridized carbons (Fsp3) is 0.190. The molecule has 2 heterocycles. The maximum Gasteiger partial charge on any atom is 0.226 e. The summed E-state index contributed by atoms with van der Waals surface area (Å²) < 4.78 is 1.78. The van der Waals surface area contributed by atoms with Gasteiger partial charge in [-0.15, -0.1) is 0 Å². The van der Waals surface area contributed by atoms with E-state index in [0.29, 0.717) is 11.5 Å². The third-order valence-corrected chi connectivity index (χ3v) is 4.81. The molecule has 0 aliphatic heterocycles. The van der Waals surface area contributed by atoms with E-state index in [1.807, 2.05) is 30.3 Å². The normalized spacial score (nSPS) is 11.1. The summed E-state index contributed by atoms with van der Waals surface area (Å²) in [7, 11) is 0. The van der Waals surface area contributed by atoms with Crippen molar-refractivity contribution in [1.82, 2.24) is 19.7 Å². The molecule has 2 aromatic carbocycles. The number of halogens is 1. The van der Waals surface area contributed by atoms with Crippen LogP contribution in [0.2, 0.25) is 5.28 Å². The number of aromatic nitrogens is 4. The number of hydrogen-bond donors (Lipinski definition) is 1. The lowest BCUT2D eigenvalue weighted by molar-refractivity contribution is 0.895. The van der Waals surface area contributed by atoms with E-state index in [1.165, 1.54) is 11.1 Å². The van der Waals surface area contributed by atoms with Crippen LogP contribution in [0.25, 0.3) is 16.7 Å². The molecule has 0 radical (unpaired) electrons. The Kier molecular flexibility index (Phi) is 4.77. The number of rotatable bonds is 5. The zero-order chi connectivity index (χ0) is 18.8. The third-order valence-electron chi connectivity index (χ3n) is 4.64. The molecule has 0 aliphatic rings. The molecule has 4 aromatic rings. The van der Waals surface area contributed by atoms with E-state index in [0.717, 1.165) is 29.6 Å². The predicted octanol–water partition coefficient (Wildman–Crippen LogP) is 5.34. The van der Waals surface area contributed by atoms with Crippen molar-refractivity contribution >= 4 is 34.1 Å². The Labute approximate surface area is 163 Å². The zero-order valence-corrected chi connectivity index (χ0v) is 16.0. The molecule has 0 fully saturated rings. The van der Waals surface area contributed by atoms with E-state index in [1.54, 1.807) is 10.9 Å². The highest BCUT2D eigenvalue weighted by molar-refractivity contribution is 6.28. The van der Waals surface area contributed by atoms with Crippen molar-refractivity contribution in [2.75, 3.05) is 5.32 Å². The fourth-order valence-electron chi connectivity index (χ4n) is 3.26. The monoisotopic (exact) mass is 377 g/mol. The van der Waals surface area contributed by atoms with Crippen LogP contribution in [0.1, 0.15) is 25.0 Å². The van der Waals surface area contributed by atoms with Crippen molar-refractivity contribution < 1.29 is 0 Å². The molecule has 2 aromatic heterocycles. The number of aryl methyl sites for hydroxylation is 2. The summed E-state index contributed by atoms with van der Waals surface area (Å²) >= 11 is 6.25. The largest absolute Gasteiger partial charge is 0.339 e. The van der Waals surface area contributed by atoms with Gasteiger partial charge in [-0.25, -0.2) is 4.68 Å². The average molecular weight is 378 g/mol. The van der Waals surface area contributed by atoms with Crippen molar-refractivity contribution in [3.8, 4) is 5.69 Å². The zero-order valence-electron chi connectivity index (χ0n) is 15.3.